The van der Waals surface area contributed by atoms with Crippen LogP contribution >= 0.6 is 0 Å². The molecule has 0 aliphatic heterocycles. The summed E-state index contributed by atoms with van der Waals surface area (Å²) in [6.45, 7) is 0. The molecule has 80 valence electrons. The summed E-state index contributed by atoms with van der Waals surface area (Å²) in [5.41, 5.74) is 14.2. The predicted molar refractivity (Wildman–Crippen MR) is 62.0 cm³/mol. The monoisotopic (exact) mass is 203 g/mol. The quantitative estimate of drug-likeness (QED) is 0.723. The summed E-state index contributed by atoms with van der Waals surface area (Å²) in [7, 11) is 0. The normalized spacial score (nSPS) is 29.3. The van der Waals surface area contributed by atoms with E-state index < -0.39 is 0 Å². The van der Waals surface area contributed by atoms with Crippen molar-refractivity contribution in [3.63, 3.8) is 0 Å². The van der Waals surface area contributed by atoms with E-state index in [2.05, 4.69) is 11.1 Å². The summed E-state index contributed by atoms with van der Waals surface area (Å²) >= 11 is 0. The van der Waals surface area contributed by atoms with E-state index in [1.807, 2.05) is 18.2 Å². The largest absolute Gasteiger partial charge is 0.326 e. The zero-order valence-corrected chi connectivity index (χ0v) is 8.76. The van der Waals surface area contributed by atoms with Crippen LogP contribution in [0, 0.1) is 0 Å². The smallest absolute Gasteiger partial charge is 0.0629 e. The first-order valence-corrected chi connectivity index (χ1v) is 5.40. The van der Waals surface area contributed by atoms with E-state index >= 15 is 0 Å². The molecule has 0 spiro atoms. The molecule has 1 heterocycles. The lowest BCUT2D eigenvalue weighted by atomic mass is 9.86. The highest BCUT2D eigenvalue weighted by molar-refractivity contribution is 5.50. The summed E-state index contributed by atoms with van der Waals surface area (Å²) in [4.78, 5) is 4.26. The number of rotatable bonds is 1. The van der Waals surface area contributed by atoms with Gasteiger partial charge in [0.05, 0.1) is 5.69 Å². The molecule has 3 heteroatoms. The molecular weight excluding hydrogens is 186 g/mol. The zero-order chi connectivity index (χ0) is 10.7. The maximum absolute atomic E-state index is 6.05. The molecule has 1 aromatic heterocycles. The van der Waals surface area contributed by atoms with E-state index in [1.54, 1.807) is 6.20 Å². The highest BCUT2D eigenvalue weighted by atomic mass is 14.8. The fraction of sp³-hybridized carbons (Fsp3) is 0.417. The molecule has 1 aliphatic carbocycles. The molecular formula is C12H17N3. The first kappa shape index (κ1) is 10.3. The van der Waals surface area contributed by atoms with Crippen molar-refractivity contribution >= 4 is 6.08 Å². The Morgan fingerprint density at radius 1 is 1.33 bits per heavy atom. The van der Waals surface area contributed by atoms with E-state index in [4.69, 9.17) is 11.5 Å². The van der Waals surface area contributed by atoms with Crippen molar-refractivity contribution in [2.75, 3.05) is 0 Å². The van der Waals surface area contributed by atoms with Crippen molar-refractivity contribution in [3.8, 4) is 0 Å². The topological polar surface area (TPSA) is 64.9 Å². The molecule has 0 aromatic carbocycles. The summed E-state index contributed by atoms with van der Waals surface area (Å²) in [5.74, 6) is 0. The molecule has 1 aliphatic rings. The van der Waals surface area contributed by atoms with Gasteiger partial charge in [-0.15, -0.1) is 0 Å². The van der Waals surface area contributed by atoms with Gasteiger partial charge in [0.15, 0.2) is 0 Å². The lowest BCUT2D eigenvalue weighted by Gasteiger charge is -2.28. The van der Waals surface area contributed by atoms with E-state index in [-0.39, 0.29) is 12.1 Å². The Morgan fingerprint density at radius 3 is 2.93 bits per heavy atom. The van der Waals surface area contributed by atoms with Crippen LogP contribution in [-0.2, 0) is 0 Å². The van der Waals surface area contributed by atoms with Gasteiger partial charge in [-0.25, -0.2) is 0 Å². The molecule has 1 saturated carbocycles. The van der Waals surface area contributed by atoms with Crippen LogP contribution in [0.15, 0.2) is 30.0 Å². The number of pyridine rings is 1. The molecule has 2 atom stereocenters. The fourth-order valence-corrected chi connectivity index (χ4v) is 1.98. The molecule has 2 rings (SSSR count). The minimum atomic E-state index is 0.000700. The fourth-order valence-electron chi connectivity index (χ4n) is 1.98. The minimum Gasteiger partial charge on any atom is -0.326 e. The van der Waals surface area contributed by atoms with E-state index in [9.17, 15) is 0 Å². The molecule has 3 nitrogen and oxygen atoms in total. The Bertz CT molecular complexity index is 345. The van der Waals surface area contributed by atoms with E-state index in [1.165, 1.54) is 5.57 Å². The SMILES string of the molecule is NC1CCC/C(=C\c2ccccn2)C1N. The third-order valence-electron chi connectivity index (χ3n) is 2.91. The van der Waals surface area contributed by atoms with Gasteiger partial charge >= 0.3 is 0 Å². The summed E-state index contributed by atoms with van der Waals surface area (Å²) in [6, 6.07) is 5.98. The average molecular weight is 203 g/mol. The summed E-state index contributed by atoms with van der Waals surface area (Å²) in [6.07, 6.45) is 7.07. The standard InChI is InChI=1S/C12H17N3/c13-11-6-3-4-9(12(11)14)8-10-5-1-2-7-15-10/h1-2,5,7-8,11-12H,3-4,6,13-14H2/b9-8+. The van der Waals surface area contributed by atoms with Crippen molar-refractivity contribution in [3.05, 3.63) is 35.7 Å². The van der Waals surface area contributed by atoms with Crippen molar-refractivity contribution in [2.24, 2.45) is 11.5 Å². The number of hydrogen-bond donors (Lipinski definition) is 2. The summed E-state index contributed by atoms with van der Waals surface area (Å²) in [5, 5.41) is 0. The molecule has 1 aromatic rings. The van der Waals surface area contributed by atoms with Crippen molar-refractivity contribution in [1.82, 2.24) is 4.98 Å². The van der Waals surface area contributed by atoms with Gasteiger partial charge < -0.3 is 11.5 Å². The van der Waals surface area contributed by atoms with Crippen LogP contribution in [0.1, 0.15) is 25.0 Å². The van der Waals surface area contributed by atoms with Gasteiger partial charge in [0.2, 0.25) is 0 Å². The first-order valence-electron chi connectivity index (χ1n) is 5.40. The number of hydrogen-bond acceptors (Lipinski definition) is 3. The van der Waals surface area contributed by atoms with Crippen LogP contribution in [0.5, 0.6) is 0 Å². The van der Waals surface area contributed by atoms with Crippen LogP contribution < -0.4 is 11.5 Å². The minimum absolute atomic E-state index is 0.000700. The second-order valence-electron chi connectivity index (χ2n) is 4.06. The van der Waals surface area contributed by atoms with Gasteiger partial charge in [0.25, 0.3) is 0 Å². The molecule has 0 amide bonds. The molecule has 1 fully saturated rings. The van der Waals surface area contributed by atoms with Gasteiger partial charge in [0, 0.05) is 18.3 Å². The molecule has 0 radical (unpaired) electrons. The molecule has 2 unspecified atom stereocenters. The lowest BCUT2D eigenvalue weighted by molar-refractivity contribution is 0.464. The van der Waals surface area contributed by atoms with Crippen LogP contribution in [0.3, 0.4) is 0 Å². The predicted octanol–water partition coefficient (Wildman–Crippen LogP) is 1.30. The van der Waals surface area contributed by atoms with Gasteiger partial charge in [-0.3, -0.25) is 4.98 Å². The third-order valence-corrected chi connectivity index (χ3v) is 2.91. The molecule has 4 N–H and O–H groups in total. The van der Waals surface area contributed by atoms with Gasteiger partial charge in [-0.05, 0) is 43.0 Å². The Balaban J connectivity index is 2.19. The first-order chi connectivity index (χ1) is 7.27. The van der Waals surface area contributed by atoms with E-state index in [0.29, 0.717) is 0 Å². The Hall–Kier alpha value is -1.19. The maximum Gasteiger partial charge on any atom is 0.0629 e. The second kappa shape index (κ2) is 4.55. The van der Waals surface area contributed by atoms with Gasteiger partial charge in [-0.2, -0.15) is 0 Å². The highest BCUT2D eigenvalue weighted by Gasteiger charge is 2.22. The number of aromatic nitrogens is 1. The molecule has 0 bridgehead atoms. The van der Waals surface area contributed by atoms with Crippen LogP contribution in [0.2, 0.25) is 0 Å². The molecule has 15 heavy (non-hydrogen) atoms. The number of nitrogens with two attached hydrogens (primary N) is 2. The molecule has 0 saturated heterocycles. The van der Waals surface area contributed by atoms with Crippen molar-refractivity contribution in [2.45, 2.75) is 31.3 Å². The Morgan fingerprint density at radius 2 is 2.20 bits per heavy atom. The Kier molecular flexibility index (Phi) is 3.14. The highest BCUT2D eigenvalue weighted by Crippen LogP contribution is 2.23. The van der Waals surface area contributed by atoms with Crippen LogP contribution in [0.4, 0.5) is 0 Å². The lowest BCUT2D eigenvalue weighted by Crippen LogP contribution is -2.45. The second-order valence-corrected chi connectivity index (χ2v) is 4.06. The maximum atomic E-state index is 6.05. The van der Waals surface area contributed by atoms with Gasteiger partial charge in [-0.1, -0.05) is 6.07 Å². The van der Waals surface area contributed by atoms with Crippen LogP contribution in [-0.4, -0.2) is 17.1 Å². The zero-order valence-electron chi connectivity index (χ0n) is 8.76. The third kappa shape index (κ3) is 2.43. The average Bonchev–Trinajstić information content (AvgIpc) is 2.26. The van der Waals surface area contributed by atoms with E-state index in [0.717, 1.165) is 25.0 Å². The van der Waals surface area contributed by atoms with Crippen LogP contribution in [0.25, 0.3) is 6.08 Å². The van der Waals surface area contributed by atoms with Crippen molar-refractivity contribution in [1.29, 1.82) is 0 Å². The number of nitrogens with zero attached hydrogens (tertiary/aromatic N) is 1. The van der Waals surface area contributed by atoms with Gasteiger partial charge in [0.1, 0.15) is 0 Å². The van der Waals surface area contributed by atoms with Crippen molar-refractivity contribution < 1.29 is 0 Å². The Labute approximate surface area is 90.2 Å². The summed E-state index contributed by atoms with van der Waals surface area (Å²) < 4.78 is 0.